The summed E-state index contributed by atoms with van der Waals surface area (Å²) in [6, 6.07) is 16.4. The first-order chi connectivity index (χ1) is 20.2. The number of benzene rings is 2. The zero-order valence-electron chi connectivity index (χ0n) is 22.6. The maximum atomic E-state index is 12.7. The third-order valence-corrected chi connectivity index (χ3v) is 7.99. The Hall–Kier alpha value is -4.64. The van der Waals surface area contributed by atoms with Gasteiger partial charge in [-0.2, -0.15) is 0 Å². The molecule has 0 saturated carbocycles. The predicted octanol–water partition coefficient (Wildman–Crippen LogP) is 4.00. The lowest BCUT2D eigenvalue weighted by atomic mass is 10.0. The second kappa shape index (κ2) is 11.1. The van der Waals surface area contributed by atoms with E-state index in [0.717, 1.165) is 71.7 Å². The standard InChI is InChI=1S/C30H32N8O3/c39-30(32-17-22-5-3-15-40-22)38-13-11-37(12-14-38)21-9-8-20-4-1-7-25(23(20)16-21)41-28(24-6-2-10-31-24)26-27-29(35-18-33-26)36-19-34-27/h1,3-5,7-9,15-16,18-19,24,28,31H,2,6,10-14,17H2,(H,32,39)(H,33,34,35,36)/t24?,28-/m1/s1. The van der Waals surface area contributed by atoms with Crippen LogP contribution in [0.3, 0.4) is 0 Å². The fraction of sp³-hybridized carbons (Fsp3) is 0.333. The van der Waals surface area contributed by atoms with Gasteiger partial charge in [-0.15, -0.1) is 0 Å². The van der Waals surface area contributed by atoms with Crippen LogP contribution in [0.2, 0.25) is 0 Å². The molecule has 0 radical (unpaired) electrons. The summed E-state index contributed by atoms with van der Waals surface area (Å²) in [5.41, 5.74) is 3.35. The molecular weight excluding hydrogens is 520 g/mol. The zero-order valence-corrected chi connectivity index (χ0v) is 22.6. The number of furan rings is 1. The Kier molecular flexibility index (Phi) is 6.85. The van der Waals surface area contributed by atoms with Gasteiger partial charge in [0, 0.05) is 37.3 Å². The normalized spacial score (nSPS) is 18.2. The average Bonchev–Trinajstić information content (AvgIpc) is 3.82. The van der Waals surface area contributed by atoms with Crippen LogP contribution in [0.4, 0.5) is 10.5 Å². The SMILES string of the molecule is O=C(NCc1ccco1)N1CCN(c2ccc3cccc(O[C@@H](c4ncnc5nc[nH]c45)C4CCCN4)c3c2)CC1. The number of carbonyl (C=O) groups excluding carboxylic acids is 1. The molecule has 1 unspecified atom stereocenters. The molecule has 11 heteroatoms. The van der Waals surface area contributed by atoms with Gasteiger partial charge in [-0.05, 0) is 55.1 Å². The number of imidazole rings is 1. The van der Waals surface area contributed by atoms with Gasteiger partial charge >= 0.3 is 6.03 Å². The van der Waals surface area contributed by atoms with Crippen molar-refractivity contribution >= 4 is 33.7 Å². The Balaban J connectivity index is 1.11. The van der Waals surface area contributed by atoms with Gasteiger partial charge in [0.05, 0.1) is 25.2 Å². The quantitative estimate of drug-likeness (QED) is 0.277. The number of ether oxygens (including phenoxy) is 1. The topological polar surface area (TPSA) is 124 Å². The minimum absolute atomic E-state index is 0.0714. The minimum atomic E-state index is -0.305. The Labute approximate surface area is 236 Å². The molecule has 210 valence electrons. The number of amides is 2. The second-order valence-corrected chi connectivity index (χ2v) is 10.5. The summed E-state index contributed by atoms with van der Waals surface area (Å²) in [6.07, 6.45) is 6.60. The van der Waals surface area contributed by atoms with Crippen LogP contribution in [0.5, 0.6) is 5.75 Å². The van der Waals surface area contributed by atoms with Crippen molar-refractivity contribution in [1.82, 2.24) is 35.5 Å². The number of nitrogens with one attached hydrogen (secondary N) is 3. The fourth-order valence-corrected chi connectivity index (χ4v) is 5.82. The van der Waals surface area contributed by atoms with E-state index in [1.807, 2.05) is 29.2 Å². The van der Waals surface area contributed by atoms with Crippen LogP contribution in [-0.4, -0.2) is 69.6 Å². The molecule has 41 heavy (non-hydrogen) atoms. The number of aromatic amines is 1. The summed E-state index contributed by atoms with van der Waals surface area (Å²) >= 11 is 0. The summed E-state index contributed by atoms with van der Waals surface area (Å²) in [6.45, 7) is 4.12. The number of carbonyl (C=O) groups is 1. The van der Waals surface area contributed by atoms with Crippen LogP contribution in [0.1, 0.15) is 30.4 Å². The first kappa shape index (κ1) is 25.3. The Morgan fingerprint density at radius 2 is 2.02 bits per heavy atom. The number of nitrogens with zero attached hydrogens (tertiary/aromatic N) is 5. The molecule has 3 aromatic heterocycles. The maximum absolute atomic E-state index is 12.7. The van der Waals surface area contributed by atoms with Gasteiger partial charge in [0.2, 0.25) is 0 Å². The number of piperazine rings is 1. The molecular formula is C30H32N8O3. The number of fused-ring (bicyclic) bond motifs is 2. The van der Waals surface area contributed by atoms with E-state index in [1.165, 1.54) is 0 Å². The van der Waals surface area contributed by atoms with Crippen LogP contribution >= 0.6 is 0 Å². The van der Waals surface area contributed by atoms with Crippen molar-refractivity contribution in [2.24, 2.45) is 0 Å². The number of rotatable bonds is 7. The van der Waals surface area contributed by atoms with E-state index in [9.17, 15) is 4.79 Å². The summed E-state index contributed by atoms with van der Waals surface area (Å²) in [4.78, 5) is 33.3. The highest BCUT2D eigenvalue weighted by molar-refractivity contribution is 5.91. The molecule has 5 aromatic rings. The van der Waals surface area contributed by atoms with Crippen molar-refractivity contribution in [1.29, 1.82) is 0 Å². The molecule has 2 aliphatic rings. The minimum Gasteiger partial charge on any atom is -0.482 e. The van der Waals surface area contributed by atoms with E-state index in [4.69, 9.17) is 9.15 Å². The molecule has 2 fully saturated rings. The average molecular weight is 553 g/mol. The van der Waals surface area contributed by atoms with Crippen molar-refractivity contribution in [2.75, 3.05) is 37.6 Å². The molecule has 7 rings (SSSR count). The van der Waals surface area contributed by atoms with Gasteiger partial charge < -0.3 is 34.6 Å². The maximum Gasteiger partial charge on any atom is 0.317 e. The fourth-order valence-electron chi connectivity index (χ4n) is 5.82. The van der Waals surface area contributed by atoms with Crippen LogP contribution in [0, 0.1) is 0 Å². The van der Waals surface area contributed by atoms with Gasteiger partial charge in [-0.1, -0.05) is 18.2 Å². The lowest BCUT2D eigenvalue weighted by Gasteiger charge is -2.36. The third kappa shape index (κ3) is 5.16. The number of H-pyrrole nitrogens is 1. The molecule has 2 aliphatic heterocycles. The summed E-state index contributed by atoms with van der Waals surface area (Å²) < 4.78 is 12.2. The van der Waals surface area contributed by atoms with Gasteiger partial charge in [0.15, 0.2) is 11.8 Å². The third-order valence-electron chi connectivity index (χ3n) is 7.99. The van der Waals surface area contributed by atoms with E-state index in [-0.39, 0.29) is 18.2 Å². The molecule has 0 aliphatic carbocycles. The summed E-state index contributed by atoms with van der Waals surface area (Å²) in [5.74, 6) is 1.55. The van der Waals surface area contributed by atoms with Crippen LogP contribution in [-0.2, 0) is 6.54 Å². The molecule has 0 spiro atoms. The molecule has 5 heterocycles. The van der Waals surface area contributed by atoms with Crippen LogP contribution in [0.15, 0.2) is 71.9 Å². The molecule has 2 aromatic carbocycles. The lowest BCUT2D eigenvalue weighted by Crippen LogP contribution is -2.51. The first-order valence-electron chi connectivity index (χ1n) is 14.1. The molecule has 0 bridgehead atoms. The monoisotopic (exact) mass is 552 g/mol. The highest BCUT2D eigenvalue weighted by Crippen LogP contribution is 2.36. The Morgan fingerprint density at radius 1 is 1.10 bits per heavy atom. The van der Waals surface area contributed by atoms with Gasteiger partial charge in [-0.25, -0.2) is 19.7 Å². The molecule has 2 atom stereocenters. The second-order valence-electron chi connectivity index (χ2n) is 10.5. The first-order valence-corrected chi connectivity index (χ1v) is 14.1. The van der Waals surface area contributed by atoms with Crippen LogP contribution in [0.25, 0.3) is 21.9 Å². The molecule has 3 N–H and O–H groups in total. The number of urea groups is 1. The van der Waals surface area contributed by atoms with E-state index >= 15 is 0 Å². The largest absolute Gasteiger partial charge is 0.482 e. The molecule has 2 saturated heterocycles. The van der Waals surface area contributed by atoms with Crippen molar-refractivity contribution < 1.29 is 13.9 Å². The van der Waals surface area contributed by atoms with Gasteiger partial charge in [0.25, 0.3) is 0 Å². The highest BCUT2D eigenvalue weighted by atomic mass is 16.5. The Morgan fingerprint density at radius 3 is 2.85 bits per heavy atom. The molecule has 2 amide bonds. The zero-order chi connectivity index (χ0) is 27.6. The lowest BCUT2D eigenvalue weighted by molar-refractivity contribution is 0.163. The van der Waals surface area contributed by atoms with Crippen molar-refractivity contribution in [3.63, 3.8) is 0 Å². The number of anilines is 1. The van der Waals surface area contributed by atoms with E-state index in [0.29, 0.717) is 25.3 Å². The van der Waals surface area contributed by atoms with E-state index in [2.05, 4.69) is 59.7 Å². The van der Waals surface area contributed by atoms with Crippen molar-refractivity contribution in [3.8, 4) is 5.75 Å². The highest BCUT2D eigenvalue weighted by Gasteiger charge is 2.32. The Bertz CT molecular complexity index is 1640. The summed E-state index contributed by atoms with van der Waals surface area (Å²) in [7, 11) is 0. The predicted molar refractivity (Wildman–Crippen MR) is 155 cm³/mol. The molecule has 11 nitrogen and oxygen atoms in total. The smallest absolute Gasteiger partial charge is 0.317 e. The van der Waals surface area contributed by atoms with Crippen molar-refractivity contribution in [2.45, 2.75) is 31.5 Å². The number of aromatic nitrogens is 4. The van der Waals surface area contributed by atoms with Crippen molar-refractivity contribution in [3.05, 3.63) is 78.9 Å². The van der Waals surface area contributed by atoms with E-state index < -0.39 is 0 Å². The van der Waals surface area contributed by atoms with Gasteiger partial charge in [0.1, 0.15) is 29.0 Å². The van der Waals surface area contributed by atoms with Gasteiger partial charge in [-0.3, -0.25) is 0 Å². The number of hydrogen-bond donors (Lipinski definition) is 3. The number of hydrogen-bond acceptors (Lipinski definition) is 8. The summed E-state index contributed by atoms with van der Waals surface area (Å²) in [5, 5.41) is 8.70. The van der Waals surface area contributed by atoms with E-state index in [1.54, 1.807) is 18.9 Å². The van der Waals surface area contributed by atoms with Crippen LogP contribution < -0.4 is 20.3 Å².